The van der Waals surface area contributed by atoms with Crippen molar-refractivity contribution in [3.8, 4) is 0 Å². The Morgan fingerprint density at radius 1 is 1.60 bits per heavy atom. The first-order valence-corrected chi connectivity index (χ1v) is 4.39. The van der Waals surface area contributed by atoms with Gasteiger partial charge in [-0.3, -0.25) is 0 Å². The van der Waals surface area contributed by atoms with Crippen LogP contribution in [0.4, 0.5) is 0 Å². The van der Waals surface area contributed by atoms with Crippen LogP contribution in [0.5, 0.6) is 0 Å². The first kappa shape index (κ1) is 8.63. The first-order chi connectivity index (χ1) is 4.52. The van der Waals surface area contributed by atoms with E-state index in [4.69, 9.17) is 23.2 Å². The van der Waals surface area contributed by atoms with Gasteiger partial charge in [-0.1, -0.05) is 13.8 Å². The van der Waals surface area contributed by atoms with Gasteiger partial charge in [0.2, 0.25) is 0 Å². The van der Waals surface area contributed by atoms with Gasteiger partial charge in [0.1, 0.15) is 4.33 Å². The van der Waals surface area contributed by atoms with Crippen molar-refractivity contribution < 1.29 is 0 Å². The van der Waals surface area contributed by atoms with Crippen molar-refractivity contribution in [3.05, 3.63) is 0 Å². The third kappa shape index (κ3) is 2.30. The molecule has 1 unspecified atom stereocenters. The van der Waals surface area contributed by atoms with E-state index in [0.717, 1.165) is 13.0 Å². The van der Waals surface area contributed by atoms with Gasteiger partial charge in [-0.15, -0.1) is 23.2 Å². The summed E-state index contributed by atoms with van der Waals surface area (Å²) in [6, 6.07) is 0.532. The topological polar surface area (TPSA) is 12.0 Å². The highest BCUT2D eigenvalue weighted by atomic mass is 35.5. The van der Waals surface area contributed by atoms with Crippen LogP contribution < -0.4 is 5.32 Å². The predicted molar refractivity (Wildman–Crippen MR) is 45.7 cm³/mol. The van der Waals surface area contributed by atoms with Crippen molar-refractivity contribution in [2.45, 2.75) is 30.6 Å². The third-order valence-electron chi connectivity index (χ3n) is 1.73. The molecule has 0 saturated heterocycles. The van der Waals surface area contributed by atoms with E-state index in [1.165, 1.54) is 0 Å². The van der Waals surface area contributed by atoms with Gasteiger partial charge in [0.05, 0.1) is 0 Å². The fourth-order valence-corrected chi connectivity index (χ4v) is 1.40. The molecule has 0 amide bonds. The van der Waals surface area contributed by atoms with Gasteiger partial charge in [-0.2, -0.15) is 0 Å². The minimum atomic E-state index is -0.415. The summed E-state index contributed by atoms with van der Waals surface area (Å²) in [6.45, 7) is 5.18. The Morgan fingerprint density at radius 2 is 2.10 bits per heavy atom. The Morgan fingerprint density at radius 3 is 2.40 bits per heavy atom. The second-order valence-electron chi connectivity index (χ2n) is 3.23. The average Bonchev–Trinajstić information content (AvgIpc) is 2.35. The molecule has 0 bridgehead atoms. The Kier molecular flexibility index (Phi) is 2.49. The van der Waals surface area contributed by atoms with E-state index in [1.54, 1.807) is 0 Å². The van der Waals surface area contributed by atoms with Crippen LogP contribution in [0.1, 0.15) is 20.3 Å². The van der Waals surface area contributed by atoms with Gasteiger partial charge in [0, 0.05) is 18.5 Å². The number of halogens is 2. The SMILES string of the molecule is CC(C)NCC1CC1(Cl)Cl. The van der Waals surface area contributed by atoms with E-state index in [2.05, 4.69) is 19.2 Å². The number of hydrogen-bond acceptors (Lipinski definition) is 1. The van der Waals surface area contributed by atoms with Gasteiger partial charge in [0.25, 0.3) is 0 Å². The van der Waals surface area contributed by atoms with E-state index in [9.17, 15) is 0 Å². The Hall–Kier alpha value is 0.540. The largest absolute Gasteiger partial charge is 0.314 e. The van der Waals surface area contributed by atoms with Crippen LogP contribution in [0.25, 0.3) is 0 Å². The summed E-state index contributed by atoms with van der Waals surface area (Å²) < 4.78 is -0.415. The maximum Gasteiger partial charge on any atom is 0.122 e. The molecule has 0 heterocycles. The number of alkyl halides is 2. The van der Waals surface area contributed by atoms with Crippen LogP contribution in [0, 0.1) is 5.92 Å². The quantitative estimate of drug-likeness (QED) is 0.659. The van der Waals surface area contributed by atoms with Crippen LogP contribution in [0.3, 0.4) is 0 Å². The molecule has 3 heteroatoms. The zero-order valence-corrected chi connectivity index (χ0v) is 7.84. The lowest BCUT2D eigenvalue weighted by Crippen LogP contribution is -2.26. The first-order valence-electron chi connectivity index (χ1n) is 3.63. The molecule has 1 aliphatic carbocycles. The van der Waals surface area contributed by atoms with E-state index >= 15 is 0 Å². The second kappa shape index (κ2) is 2.88. The zero-order valence-electron chi connectivity index (χ0n) is 6.32. The van der Waals surface area contributed by atoms with Gasteiger partial charge in [0.15, 0.2) is 0 Å². The van der Waals surface area contributed by atoms with Crippen molar-refractivity contribution in [2.24, 2.45) is 5.92 Å². The molecule has 0 aromatic heterocycles. The monoisotopic (exact) mass is 181 g/mol. The van der Waals surface area contributed by atoms with E-state index < -0.39 is 4.33 Å². The van der Waals surface area contributed by atoms with Crippen LogP contribution in [-0.2, 0) is 0 Å². The molecule has 0 spiro atoms. The van der Waals surface area contributed by atoms with Crippen molar-refractivity contribution in [3.63, 3.8) is 0 Å². The van der Waals surface area contributed by atoms with Gasteiger partial charge in [-0.05, 0) is 6.42 Å². The van der Waals surface area contributed by atoms with E-state index in [1.807, 2.05) is 0 Å². The minimum Gasteiger partial charge on any atom is -0.314 e. The van der Waals surface area contributed by atoms with Crippen LogP contribution >= 0.6 is 23.2 Å². The van der Waals surface area contributed by atoms with Gasteiger partial charge < -0.3 is 5.32 Å². The molecule has 1 saturated carbocycles. The molecule has 1 atom stereocenters. The Bertz CT molecular complexity index is 123. The third-order valence-corrected chi connectivity index (χ3v) is 2.65. The molecule has 10 heavy (non-hydrogen) atoms. The number of nitrogens with one attached hydrogen (secondary N) is 1. The Labute approximate surface area is 72.1 Å². The molecule has 0 radical (unpaired) electrons. The van der Waals surface area contributed by atoms with E-state index in [0.29, 0.717) is 12.0 Å². The second-order valence-corrected chi connectivity index (χ2v) is 4.77. The lowest BCUT2D eigenvalue weighted by Gasteiger charge is -2.06. The maximum atomic E-state index is 5.82. The van der Waals surface area contributed by atoms with Crippen molar-refractivity contribution in [1.29, 1.82) is 0 Å². The van der Waals surface area contributed by atoms with Crippen molar-refractivity contribution in [2.75, 3.05) is 6.54 Å². The molecular weight excluding hydrogens is 169 g/mol. The summed E-state index contributed by atoms with van der Waals surface area (Å²) in [5.74, 6) is 0.471. The standard InChI is InChI=1S/C7H13Cl2N/c1-5(2)10-4-6-3-7(6,8)9/h5-6,10H,3-4H2,1-2H3. The summed E-state index contributed by atoms with van der Waals surface area (Å²) in [5, 5.41) is 3.29. The molecule has 0 aromatic carbocycles. The highest BCUT2D eigenvalue weighted by molar-refractivity contribution is 6.50. The summed E-state index contributed by atoms with van der Waals surface area (Å²) in [4.78, 5) is 0. The summed E-state index contributed by atoms with van der Waals surface area (Å²) in [7, 11) is 0. The summed E-state index contributed by atoms with van der Waals surface area (Å²) in [6.07, 6.45) is 0.940. The molecule has 0 aliphatic heterocycles. The molecule has 1 aliphatic rings. The fraction of sp³-hybridized carbons (Fsp3) is 1.00. The lowest BCUT2D eigenvalue weighted by molar-refractivity contribution is 0.558. The summed E-state index contributed by atoms with van der Waals surface area (Å²) >= 11 is 11.6. The molecule has 1 fully saturated rings. The molecule has 0 aromatic rings. The van der Waals surface area contributed by atoms with Crippen molar-refractivity contribution >= 4 is 23.2 Å². The smallest absolute Gasteiger partial charge is 0.122 e. The molecule has 1 N–H and O–H groups in total. The average molecular weight is 182 g/mol. The molecule has 60 valence electrons. The predicted octanol–water partition coefficient (Wildman–Crippen LogP) is 2.18. The molecule has 1 nitrogen and oxygen atoms in total. The van der Waals surface area contributed by atoms with E-state index in [-0.39, 0.29) is 0 Å². The van der Waals surface area contributed by atoms with Crippen LogP contribution in [-0.4, -0.2) is 16.9 Å². The lowest BCUT2D eigenvalue weighted by atomic mass is 10.3. The maximum absolute atomic E-state index is 5.82. The van der Waals surface area contributed by atoms with Gasteiger partial charge >= 0.3 is 0 Å². The minimum absolute atomic E-state index is 0.415. The molecular formula is C7H13Cl2N. The summed E-state index contributed by atoms with van der Waals surface area (Å²) in [5.41, 5.74) is 0. The highest BCUT2D eigenvalue weighted by Crippen LogP contribution is 2.52. The number of hydrogen-bond donors (Lipinski definition) is 1. The van der Waals surface area contributed by atoms with Gasteiger partial charge in [-0.25, -0.2) is 0 Å². The normalized spacial score (nSPS) is 29.1. The highest BCUT2D eigenvalue weighted by Gasteiger charge is 2.50. The zero-order chi connectivity index (χ0) is 7.78. The van der Waals surface area contributed by atoms with Crippen LogP contribution in [0.2, 0.25) is 0 Å². The molecule has 1 rings (SSSR count). The van der Waals surface area contributed by atoms with Crippen molar-refractivity contribution in [1.82, 2.24) is 5.32 Å². The number of rotatable bonds is 3. The van der Waals surface area contributed by atoms with Crippen LogP contribution in [0.15, 0.2) is 0 Å². The fourth-order valence-electron chi connectivity index (χ4n) is 0.869. The Balaban J connectivity index is 2.07.